The van der Waals surface area contributed by atoms with Gasteiger partial charge in [0.2, 0.25) is 0 Å². The first-order chi connectivity index (χ1) is 7.70. The minimum atomic E-state index is -0.783. The zero-order valence-electron chi connectivity index (χ0n) is 8.27. The Labute approximate surface area is 103 Å². The van der Waals surface area contributed by atoms with Crippen LogP contribution in [0.4, 0.5) is 0 Å². The molecule has 1 atom stereocenters. The Morgan fingerprint density at radius 1 is 1.06 bits per heavy atom. The first kappa shape index (κ1) is 11.4. The summed E-state index contributed by atoms with van der Waals surface area (Å²) in [6, 6.07) is 8.67. The molecule has 16 heavy (non-hydrogen) atoms. The van der Waals surface area contributed by atoms with Gasteiger partial charge in [0.05, 0.1) is 10.0 Å². The molecule has 2 aromatic rings. The van der Waals surface area contributed by atoms with Crippen LogP contribution in [0.15, 0.2) is 42.7 Å². The topological polar surface area (TPSA) is 33.1 Å². The van der Waals surface area contributed by atoms with E-state index in [-0.39, 0.29) is 0 Å². The summed E-state index contributed by atoms with van der Waals surface area (Å²) < 4.78 is 0. The van der Waals surface area contributed by atoms with Gasteiger partial charge < -0.3 is 5.11 Å². The highest BCUT2D eigenvalue weighted by Gasteiger charge is 2.14. The maximum atomic E-state index is 10.1. The lowest BCUT2D eigenvalue weighted by molar-refractivity contribution is 0.220. The number of benzene rings is 1. The second-order valence-electron chi connectivity index (χ2n) is 3.33. The lowest BCUT2D eigenvalue weighted by atomic mass is 10.0. The van der Waals surface area contributed by atoms with E-state index in [1.165, 1.54) is 0 Å². The average Bonchev–Trinajstić information content (AvgIpc) is 2.33. The highest BCUT2D eigenvalue weighted by atomic mass is 35.5. The van der Waals surface area contributed by atoms with Crippen LogP contribution in [-0.4, -0.2) is 10.1 Å². The maximum absolute atomic E-state index is 10.1. The van der Waals surface area contributed by atoms with E-state index in [2.05, 4.69) is 4.98 Å². The van der Waals surface area contributed by atoms with Crippen LogP contribution in [0.1, 0.15) is 17.2 Å². The molecule has 0 aliphatic heterocycles. The van der Waals surface area contributed by atoms with Crippen molar-refractivity contribution in [2.24, 2.45) is 0 Å². The molecule has 0 saturated heterocycles. The van der Waals surface area contributed by atoms with E-state index in [9.17, 15) is 5.11 Å². The van der Waals surface area contributed by atoms with Crippen molar-refractivity contribution in [3.8, 4) is 0 Å². The van der Waals surface area contributed by atoms with Crippen LogP contribution in [0.2, 0.25) is 10.0 Å². The summed E-state index contributed by atoms with van der Waals surface area (Å²) in [6.07, 6.45) is 2.46. The van der Waals surface area contributed by atoms with Gasteiger partial charge in [-0.05, 0) is 23.8 Å². The van der Waals surface area contributed by atoms with Gasteiger partial charge in [0.1, 0.15) is 6.10 Å². The molecule has 1 heterocycles. The van der Waals surface area contributed by atoms with E-state index in [1.807, 2.05) is 0 Å². The highest BCUT2D eigenvalue weighted by molar-refractivity contribution is 6.42. The molecule has 0 fully saturated rings. The van der Waals surface area contributed by atoms with Gasteiger partial charge in [-0.3, -0.25) is 4.98 Å². The summed E-state index contributed by atoms with van der Waals surface area (Å²) in [4.78, 5) is 3.89. The predicted molar refractivity (Wildman–Crippen MR) is 64.8 cm³/mol. The Morgan fingerprint density at radius 3 is 2.44 bits per heavy atom. The van der Waals surface area contributed by atoms with Gasteiger partial charge in [-0.15, -0.1) is 0 Å². The average molecular weight is 254 g/mol. The second-order valence-corrected chi connectivity index (χ2v) is 4.11. The summed E-state index contributed by atoms with van der Waals surface area (Å²) in [7, 11) is 0. The van der Waals surface area contributed by atoms with Crippen LogP contribution in [-0.2, 0) is 0 Å². The first-order valence-corrected chi connectivity index (χ1v) is 5.47. The van der Waals surface area contributed by atoms with Crippen LogP contribution in [0.25, 0.3) is 0 Å². The van der Waals surface area contributed by atoms with Crippen molar-refractivity contribution in [2.75, 3.05) is 0 Å². The fraction of sp³-hybridized carbons (Fsp3) is 0.0833. The fourth-order valence-electron chi connectivity index (χ4n) is 1.46. The van der Waals surface area contributed by atoms with Crippen molar-refractivity contribution in [3.63, 3.8) is 0 Å². The zero-order chi connectivity index (χ0) is 11.5. The molecule has 0 radical (unpaired) electrons. The molecule has 0 bridgehead atoms. The number of rotatable bonds is 2. The van der Waals surface area contributed by atoms with Gasteiger partial charge in [-0.25, -0.2) is 0 Å². The molecule has 0 amide bonds. The van der Waals surface area contributed by atoms with Crippen LogP contribution >= 0.6 is 23.2 Å². The quantitative estimate of drug-likeness (QED) is 0.890. The fourth-order valence-corrected chi connectivity index (χ4v) is 1.87. The first-order valence-electron chi connectivity index (χ1n) is 4.72. The molecule has 0 aliphatic rings. The van der Waals surface area contributed by atoms with E-state index < -0.39 is 6.10 Å². The van der Waals surface area contributed by atoms with Gasteiger partial charge in [-0.1, -0.05) is 35.3 Å². The Bertz CT molecular complexity index is 488. The van der Waals surface area contributed by atoms with E-state index in [0.29, 0.717) is 15.6 Å². The number of halogens is 2. The molecular formula is C12H9Cl2NO. The normalized spacial score (nSPS) is 12.4. The molecule has 1 unspecified atom stereocenters. The smallest absolute Gasteiger partial charge is 0.106 e. The Kier molecular flexibility index (Phi) is 3.44. The molecular weight excluding hydrogens is 245 g/mol. The standard InChI is InChI=1S/C12H9Cl2NO/c13-10-3-1-2-9(11(10)14)12(16)8-4-6-15-7-5-8/h1-7,12,16H. The molecule has 0 saturated carbocycles. The molecule has 4 heteroatoms. The Hall–Kier alpha value is -1.09. The van der Waals surface area contributed by atoms with Crippen LogP contribution in [0, 0.1) is 0 Å². The molecule has 1 aromatic carbocycles. The van der Waals surface area contributed by atoms with E-state index in [1.54, 1.807) is 42.7 Å². The molecule has 0 aliphatic carbocycles. The third kappa shape index (κ3) is 2.19. The van der Waals surface area contributed by atoms with Gasteiger partial charge >= 0.3 is 0 Å². The minimum Gasteiger partial charge on any atom is -0.384 e. The Morgan fingerprint density at radius 2 is 1.75 bits per heavy atom. The largest absolute Gasteiger partial charge is 0.384 e. The van der Waals surface area contributed by atoms with Gasteiger partial charge in [0, 0.05) is 18.0 Å². The Balaban J connectivity index is 2.42. The number of nitrogens with zero attached hydrogens (tertiary/aromatic N) is 1. The number of aliphatic hydroxyl groups excluding tert-OH is 1. The van der Waals surface area contributed by atoms with Crippen LogP contribution < -0.4 is 0 Å². The second kappa shape index (κ2) is 4.83. The molecule has 1 N–H and O–H groups in total. The maximum Gasteiger partial charge on any atom is 0.106 e. The van der Waals surface area contributed by atoms with E-state index >= 15 is 0 Å². The molecule has 2 rings (SSSR count). The van der Waals surface area contributed by atoms with Crippen molar-refractivity contribution in [1.82, 2.24) is 4.98 Å². The zero-order valence-corrected chi connectivity index (χ0v) is 9.78. The molecule has 2 nitrogen and oxygen atoms in total. The lowest BCUT2D eigenvalue weighted by Crippen LogP contribution is -2.00. The number of hydrogen-bond acceptors (Lipinski definition) is 2. The monoisotopic (exact) mass is 253 g/mol. The third-order valence-corrected chi connectivity index (χ3v) is 3.13. The summed E-state index contributed by atoms with van der Waals surface area (Å²) in [6.45, 7) is 0. The summed E-state index contributed by atoms with van der Waals surface area (Å²) >= 11 is 11.9. The van der Waals surface area contributed by atoms with Crippen molar-refractivity contribution in [1.29, 1.82) is 0 Å². The number of hydrogen-bond donors (Lipinski definition) is 1. The summed E-state index contributed by atoms with van der Waals surface area (Å²) in [5, 5.41) is 10.9. The van der Waals surface area contributed by atoms with E-state index in [0.717, 1.165) is 5.56 Å². The SMILES string of the molecule is OC(c1ccncc1)c1cccc(Cl)c1Cl. The number of pyridine rings is 1. The predicted octanol–water partition coefficient (Wildman–Crippen LogP) is 3.47. The molecule has 1 aromatic heterocycles. The van der Waals surface area contributed by atoms with Crippen LogP contribution in [0.3, 0.4) is 0 Å². The van der Waals surface area contributed by atoms with E-state index in [4.69, 9.17) is 23.2 Å². The third-order valence-electron chi connectivity index (χ3n) is 2.30. The highest BCUT2D eigenvalue weighted by Crippen LogP contribution is 2.32. The molecule has 0 spiro atoms. The summed E-state index contributed by atoms with van der Waals surface area (Å²) in [5.74, 6) is 0. The summed E-state index contributed by atoms with van der Waals surface area (Å²) in [5.41, 5.74) is 1.33. The number of aliphatic hydroxyl groups is 1. The molecule has 82 valence electrons. The van der Waals surface area contributed by atoms with Crippen molar-refractivity contribution in [2.45, 2.75) is 6.10 Å². The lowest BCUT2D eigenvalue weighted by Gasteiger charge is -2.13. The van der Waals surface area contributed by atoms with Crippen molar-refractivity contribution >= 4 is 23.2 Å². The van der Waals surface area contributed by atoms with Crippen molar-refractivity contribution < 1.29 is 5.11 Å². The van der Waals surface area contributed by atoms with Gasteiger partial charge in [0.25, 0.3) is 0 Å². The van der Waals surface area contributed by atoms with Gasteiger partial charge in [0.15, 0.2) is 0 Å². The van der Waals surface area contributed by atoms with Gasteiger partial charge in [-0.2, -0.15) is 0 Å². The van der Waals surface area contributed by atoms with Crippen molar-refractivity contribution in [3.05, 3.63) is 63.9 Å². The minimum absolute atomic E-state index is 0.383. The van der Waals surface area contributed by atoms with Crippen LogP contribution in [0.5, 0.6) is 0 Å². The number of aromatic nitrogens is 1.